The van der Waals surface area contributed by atoms with Gasteiger partial charge < -0.3 is 9.64 Å². The highest BCUT2D eigenvalue weighted by atomic mass is 16.6. The highest BCUT2D eigenvalue weighted by Gasteiger charge is 2.29. The molecule has 0 aliphatic carbocycles. The molecule has 0 unspecified atom stereocenters. The molecule has 7 heteroatoms. The third-order valence-electron chi connectivity index (χ3n) is 5.45. The second-order valence-electron chi connectivity index (χ2n) is 8.26. The SMILES string of the molecule is CC(C)c1ccc(Oc2ncnc(N(Cc3ccccc3)Cc3ccccc3)c2[N+](=O)[O-])cc1. The molecule has 0 amide bonds. The largest absolute Gasteiger partial charge is 0.434 e. The lowest BCUT2D eigenvalue weighted by Gasteiger charge is -2.24. The Kier molecular flexibility index (Phi) is 7.13. The molecule has 0 radical (unpaired) electrons. The summed E-state index contributed by atoms with van der Waals surface area (Å²) in [5.41, 5.74) is 2.92. The number of hydrogen-bond acceptors (Lipinski definition) is 6. The van der Waals surface area contributed by atoms with Gasteiger partial charge in [-0.1, -0.05) is 86.6 Å². The summed E-state index contributed by atoms with van der Waals surface area (Å²) in [6.45, 7) is 5.09. The topological polar surface area (TPSA) is 81.4 Å². The van der Waals surface area contributed by atoms with Crippen LogP contribution in [0.4, 0.5) is 11.5 Å². The van der Waals surface area contributed by atoms with E-state index in [1.807, 2.05) is 77.7 Å². The van der Waals surface area contributed by atoms with Crippen LogP contribution in [0.2, 0.25) is 0 Å². The minimum absolute atomic E-state index is 0.0848. The summed E-state index contributed by atoms with van der Waals surface area (Å²) in [5.74, 6) is 0.980. The van der Waals surface area contributed by atoms with Crippen LogP contribution in [-0.4, -0.2) is 14.9 Å². The number of anilines is 1. The second-order valence-corrected chi connectivity index (χ2v) is 8.26. The van der Waals surface area contributed by atoms with E-state index in [2.05, 4.69) is 23.8 Å². The Hall–Kier alpha value is -4.26. The molecule has 0 aliphatic heterocycles. The quantitative estimate of drug-likeness (QED) is 0.212. The van der Waals surface area contributed by atoms with E-state index in [1.54, 1.807) is 12.1 Å². The zero-order valence-corrected chi connectivity index (χ0v) is 19.2. The van der Waals surface area contributed by atoms with E-state index in [0.717, 1.165) is 16.7 Å². The minimum Gasteiger partial charge on any atom is -0.434 e. The van der Waals surface area contributed by atoms with Gasteiger partial charge >= 0.3 is 11.6 Å². The van der Waals surface area contributed by atoms with Gasteiger partial charge in [0.25, 0.3) is 0 Å². The van der Waals surface area contributed by atoms with Crippen molar-refractivity contribution in [2.75, 3.05) is 4.90 Å². The van der Waals surface area contributed by atoms with E-state index in [0.29, 0.717) is 24.8 Å². The first-order valence-electron chi connectivity index (χ1n) is 11.1. The van der Waals surface area contributed by atoms with Crippen molar-refractivity contribution in [3.05, 3.63) is 118 Å². The Labute approximate surface area is 198 Å². The van der Waals surface area contributed by atoms with Crippen LogP contribution in [0.3, 0.4) is 0 Å². The van der Waals surface area contributed by atoms with Crippen LogP contribution in [0.15, 0.2) is 91.3 Å². The zero-order chi connectivity index (χ0) is 23.9. The average Bonchev–Trinajstić information content (AvgIpc) is 2.85. The molecule has 34 heavy (non-hydrogen) atoms. The third kappa shape index (κ3) is 5.56. The van der Waals surface area contributed by atoms with Gasteiger partial charge in [-0.15, -0.1) is 0 Å². The molecule has 0 spiro atoms. The van der Waals surface area contributed by atoms with Gasteiger partial charge in [-0.25, -0.2) is 4.98 Å². The smallest absolute Gasteiger partial charge is 0.373 e. The summed E-state index contributed by atoms with van der Waals surface area (Å²) >= 11 is 0. The Morgan fingerprint density at radius 1 is 0.853 bits per heavy atom. The number of aromatic nitrogens is 2. The van der Waals surface area contributed by atoms with Gasteiger partial charge in [0.1, 0.15) is 12.1 Å². The highest BCUT2D eigenvalue weighted by molar-refractivity contribution is 5.63. The Balaban J connectivity index is 1.72. The maximum Gasteiger partial charge on any atom is 0.373 e. The van der Waals surface area contributed by atoms with Crippen LogP contribution in [-0.2, 0) is 13.1 Å². The number of benzene rings is 3. The molecule has 0 saturated carbocycles. The minimum atomic E-state index is -0.476. The molecule has 0 bridgehead atoms. The van der Waals surface area contributed by atoms with Gasteiger partial charge in [0, 0.05) is 13.1 Å². The van der Waals surface area contributed by atoms with Crippen molar-refractivity contribution in [1.29, 1.82) is 0 Å². The number of rotatable bonds is 9. The zero-order valence-electron chi connectivity index (χ0n) is 19.2. The van der Waals surface area contributed by atoms with Gasteiger partial charge in [-0.3, -0.25) is 10.1 Å². The average molecular weight is 455 g/mol. The van der Waals surface area contributed by atoms with Crippen LogP contribution in [0.5, 0.6) is 11.6 Å². The molecule has 1 aromatic heterocycles. The van der Waals surface area contributed by atoms with Gasteiger partial charge in [0.15, 0.2) is 0 Å². The molecule has 172 valence electrons. The number of hydrogen-bond donors (Lipinski definition) is 0. The van der Waals surface area contributed by atoms with Crippen LogP contribution >= 0.6 is 0 Å². The van der Waals surface area contributed by atoms with Crippen molar-refractivity contribution in [3.63, 3.8) is 0 Å². The summed E-state index contributed by atoms with van der Waals surface area (Å²) in [4.78, 5) is 22.0. The van der Waals surface area contributed by atoms with E-state index >= 15 is 0 Å². The maximum atomic E-state index is 12.2. The van der Waals surface area contributed by atoms with Crippen LogP contribution < -0.4 is 9.64 Å². The Morgan fingerprint density at radius 3 is 1.91 bits per heavy atom. The lowest BCUT2D eigenvalue weighted by molar-refractivity contribution is -0.385. The fraction of sp³-hybridized carbons (Fsp3) is 0.185. The molecule has 0 atom stereocenters. The molecular formula is C27H26N4O3. The predicted octanol–water partition coefficient (Wildman–Crippen LogP) is 6.51. The lowest BCUT2D eigenvalue weighted by atomic mass is 10.0. The van der Waals surface area contributed by atoms with Crippen molar-refractivity contribution in [2.24, 2.45) is 0 Å². The van der Waals surface area contributed by atoms with E-state index < -0.39 is 4.92 Å². The van der Waals surface area contributed by atoms with Crippen LogP contribution in [0.1, 0.15) is 36.5 Å². The van der Waals surface area contributed by atoms with Crippen molar-refractivity contribution < 1.29 is 9.66 Å². The molecule has 4 aromatic rings. The molecule has 0 fully saturated rings. The van der Waals surface area contributed by atoms with Crippen molar-refractivity contribution in [3.8, 4) is 11.6 Å². The summed E-state index contributed by atoms with van der Waals surface area (Å²) in [6.07, 6.45) is 1.31. The van der Waals surface area contributed by atoms with Gasteiger partial charge in [-0.2, -0.15) is 4.98 Å². The molecule has 0 saturated heterocycles. The lowest BCUT2D eigenvalue weighted by Crippen LogP contribution is -2.24. The standard InChI is InChI=1S/C27H26N4O3/c1-20(2)23-13-15-24(16-14-23)34-27-25(31(32)33)26(28-19-29-27)30(17-21-9-5-3-6-10-21)18-22-11-7-4-8-12-22/h3-16,19-20H,17-18H2,1-2H3. The van der Waals surface area contributed by atoms with E-state index in [1.165, 1.54) is 6.33 Å². The Bertz CT molecular complexity index is 1190. The molecule has 1 heterocycles. The fourth-order valence-electron chi connectivity index (χ4n) is 3.67. The molecule has 0 aliphatic rings. The first-order valence-corrected chi connectivity index (χ1v) is 11.1. The molecule has 7 nitrogen and oxygen atoms in total. The third-order valence-corrected chi connectivity index (χ3v) is 5.45. The first-order chi connectivity index (χ1) is 16.5. The summed E-state index contributed by atoms with van der Waals surface area (Å²) in [5, 5.41) is 12.2. The van der Waals surface area contributed by atoms with Gasteiger partial charge in [0.2, 0.25) is 5.82 Å². The van der Waals surface area contributed by atoms with Gasteiger partial charge in [-0.05, 0) is 34.7 Å². The summed E-state index contributed by atoms with van der Waals surface area (Å²) in [6, 6.07) is 27.1. The fourth-order valence-corrected chi connectivity index (χ4v) is 3.67. The van der Waals surface area contributed by atoms with E-state index in [-0.39, 0.29) is 17.4 Å². The van der Waals surface area contributed by atoms with E-state index in [4.69, 9.17) is 4.74 Å². The molecule has 0 N–H and O–H groups in total. The van der Waals surface area contributed by atoms with Crippen molar-refractivity contribution in [2.45, 2.75) is 32.9 Å². The van der Waals surface area contributed by atoms with Crippen molar-refractivity contribution >= 4 is 11.5 Å². The number of nitro groups is 1. The molecule has 3 aromatic carbocycles. The summed E-state index contributed by atoms with van der Waals surface area (Å²) < 4.78 is 5.88. The highest BCUT2D eigenvalue weighted by Crippen LogP contribution is 2.37. The van der Waals surface area contributed by atoms with Gasteiger partial charge in [0.05, 0.1) is 4.92 Å². The van der Waals surface area contributed by atoms with E-state index in [9.17, 15) is 10.1 Å². The predicted molar refractivity (Wildman–Crippen MR) is 132 cm³/mol. The normalized spacial score (nSPS) is 10.8. The molecule has 4 rings (SSSR count). The first kappa shape index (κ1) is 22.9. The Morgan fingerprint density at radius 2 is 1.41 bits per heavy atom. The van der Waals surface area contributed by atoms with Crippen LogP contribution in [0, 0.1) is 10.1 Å². The van der Waals surface area contributed by atoms with Crippen molar-refractivity contribution in [1.82, 2.24) is 9.97 Å². The summed E-state index contributed by atoms with van der Waals surface area (Å²) in [7, 11) is 0. The number of ether oxygens (including phenoxy) is 1. The second kappa shape index (κ2) is 10.6. The number of nitrogens with zero attached hydrogens (tertiary/aromatic N) is 4. The molecular weight excluding hydrogens is 428 g/mol. The monoisotopic (exact) mass is 454 g/mol. The van der Waals surface area contributed by atoms with Crippen LogP contribution in [0.25, 0.3) is 0 Å². The maximum absolute atomic E-state index is 12.2.